The molecule has 0 aliphatic carbocycles. The number of hydrogen-bond acceptors (Lipinski definition) is 4. The minimum absolute atomic E-state index is 0.0200. The molecule has 1 fully saturated rings. The number of rotatable bonds is 4. The molecule has 130 valence electrons. The van der Waals surface area contributed by atoms with Gasteiger partial charge in [-0.15, -0.1) is 0 Å². The van der Waals surface area contributed by atoms with Gasteiger partial charge in [-0.2, -0.15) is 4.31 Å². The first kappa shape index (κ1) is 17.4. The van der Waals surface area contributed by atoms with Crippen LogP contribution in [0.1, 0.15) is 50.1 Å². The van der Waals surface area contributed by atoms with Gasteiger partial charge in [-0.25, -0.2) is 12.8 Å². The van der Waals surface area contributed by atoms with Crippen LogP contribution in [0.3, 0.4) is 0 Å². The Balaban J connectivity index is 1.95. The molecule has 1 aliphatic heterocycles. The maximum atomic E-state index is 13.3. The number of halogens is 2. The van der Waals surface area contributed by atoms with Crippen LogP contribution in [-0.2, 0) is 10.0 Å². The molecule has 1 aromatic heterocycles. The van der Waals surface area contributed by atoms with Crippen LogP contribution in [0, 0.1) is 5.82 Å². The third kappa shape index (κ3) is 3.08. The standard InChI is InChI=1S/C16H18ClFN2O3S/c1-10(2)16-9-14(19-23-16)15-4-3-7-20(15)24(21,22)11-5-6-13(18)12(17)8-11/h5-6,8-10,15H,3-4,7H2,1-2H3/t15-/m0/s1. The van der Waals surface area contributed by atoms with Crippen molar-refractivity contribution in [1.29, 1.82) is 0 Å². The Kier molecular flexibility index (Phi) is 4.68. The Morgan fingerprint density at radius 1 is 1.38 bits per heavy atom. The lowest BCUT2D eigenvalue weighted by atomic mass is 10.1. The first-order valence-corrected chi connectivity index (χ1v) is 9.56. The van der Waals surface area contributed by atoms with Crippen molar-refractivity contribution in [2.24, 2.45) is 0 Å². The van der Waals surface area contributed by atoms with E-state index < -0.39 is 15.8 Å². The number of hydrogen-bond donors (Lipinski definition) is 0. The third-order valence-corrected chi connectivity index (χ3v) is 6.35. The van der Waals surface area contributed by atoms with Crippen LogP contribution in [0.15, 0.2) is 33.7 Å². The molecule has 0 spiro atoms. The van der Waals surface area contributed by atoms with Gasteiger partial charge in [0, 0.05) is 18.5 Å². The first-order valence-electron chi connectivity index (χ1n) is 7.74. The molecule has 0 unspecified atom stereocenters. The second kappa shape index (κ2) is 6.46. The van der Waals surface area contributed by atoms with E-state index in [9.17, 15) is 12.8 Å². The topological polar surface area (TPSA) is 63.4 Å². The maximum absolute atomic E-state index is 13.3. The zero-order valence-electron chi connectivity index (χ0n) is 13.4. The molecule has 1 aliphatic rings. The lowest BCUT2D eigenvalue weighted by Crippen LogP contribution is -2.30. The van der Waals surface area contributed by atoms with E-state index >= 15 is 0 Å². The minimum atomic E-state index is -3.79. The summed E-state index contributed by atoms with van der Waals surface area (Å²) in [7, 11) is -3.79. The van der Waals surface area contributed by atoms with Crippen LogP contribution in [0.4, 0.5) is 4.39 Å². The van der Waals surface area contributed by atoms with E-state index in [1.165, 1.54) is 10.4 Å². The highest BCUT2D eigenvalue weighted by Gasteiger charge is 2.38. The van der Waals surface area contributed by atoms with Crippen molar-refractivity contribution >= 4 is 21.6 Å². The SMILES string of the molecule is CC(C)c1cc([C@@H]2CCCN2S(=O)(=O)c2ccc(F)c(Cl)c2)no1. The van der Waals surface area contributed by atoms with Crippen LogP contribution >= 0.6 is 11.6 Å². The van der Waals surface area contributed by atoms with Gasteiger partial charge >= 0.3 is 0 Å². The lowest BCUT2D eigenvalue weighted by Gasteiger charge is -2.22. The summed E-state index contributed by atoms with van der Waals surface area (Å²) >= 11 is 5.73. The third-order valence-electron chi connectivity index (χ3n) is 4.16. The first-order chi connectivity index (χ1) is 11.3. The number of nitrogens with zero attached hydrogens (tertiary/aromatic N) is 2. The van der Waals surface area contributed by atoms with Crippen molar-refractivity contribution in [3.8, 4) is 0 Å². The Morgan fingerprint density at radius 3 is 2.75 bits per heavy atom. The molecule has 2 heterocycles. The van der Waals surface area contributed by atoms with Gasteiger partial charge in [0.15, 0.2) is 0 Å². The van der Waals surface area contributed by atoms with Crippen LogP contribution in [-0.4, -0.2) is 24.4 Å². The zero-order chi connectivity index (χ0) is 17.5. The molecule has 0 radical (unpaired) electrons. The highest BCUT2D eigenvalue weighted by atomic mass is 35.5. The highest BCUT2D eigenvalue weighted by Crippen LogP contribution is 2.37. The van der Waals surface area contributed by atoms with E-state index in [0.29, 0.717) is 18.7 Å². The van der Waals surface area contributed by atoms with E-state index in [4.69, 9.17) is 16.1 Å². The summed E-state index contributed by atoms with van der Waals surface area (Å²) in [5, 5.41) is 3.83. The Labute approximate surface area is 145 Å². The Hall–Kier alpha value is -1.44. The molecular formula is C16H18ClFN2O3S. The average Bonchev–Trinajstić information content (AvgIpc) is 3.17. The number of benzene rings is 1. The Morgan fingerprint density at radius 2 is 2.12 bits per heavy atom. The molecule has 1 atom stereocenters. The van der Waals surface area contributed by atoms with E-state index in [1.807, 2.05) is 13.8 Å². The van der Waals surface area contributed by atoms with Gasteiger partial charge in [0.2, 0.25) is 10.0 Å². The molecule has 8 heteroatoms. The summed E-state index contributed by atoms with van der Waals surface area (Å²) < 4.78 is 45.8. The van der Waals surface area contributed by atoms with Crippen molar-refractivity contribution in [2.75, 3.05) is 6.54 Å². The van der Waals surface area contributed by atoms with E-state index in [0.717, 1.165) is 24.3 Å². The molecule has 0 bridgehead atoms. The summed E-state index contributed by atoms with van der Waals surface area (Å²) in [5.41, 5.74) is 0.605. The molecule has 3 rings (SSSR count). The van der Waals surface area contributed by atoms with Crippen molar-refractivity contribution in [3.05, 3.63) is 46.6 Å². The molecule has 5 nitrogen and oxygen atoms in total. The van der Waals surface area contributed by atoms with Gasteiger partial charge in [0.1, 0.15) is 17.3 Å². The van der Waals surface area contributed by atoms with Crippen LogP contribution in [0.25, 0.3) is 0 Å². The predicted molar refractivity (Wildman–Crippen MR) is 87.9 cm³/mol. The maximum Gasteiger partial charge on any atom is 0.243 e. The van der Waals surface area contributed by atoms with Gasteiger partial charge in [-0.05, 0) is 31.0 Å². The van der Waals surface area contributed by atoms with Gasteiger partial charge in [-0.1, -0.05) is 30.6 Å². The molecule has 0 amide bonds. The molecule has 2 aromatic rings. The van der Waals surface area contributed by atoms with Crippen LogP contribution in [0.2, 0.25) is 5.02 Å². The van der Waals surface area contributed by atoms with Crippen LogP contribution in [0.5, 0.6) is 0 Å². The van der Waals surface area contributed by atoms with Gasteiger partial charge in [0.05, 0.1) is 16.0 Å². The fraction of sp³-hybridized carbons (Fsp3) is 0.438. The van der Waals surface area contributed by atoms with Gasteiger partial charge < -0.3 is 4.52 Å². The number of sulfonamides is 1. The predicted octanol–water partition coefficient (Wildman–Crippen LogP) is 4.12. The second-order valence-corrected chi connectivity index (χ2v) is 8.46. The molecule has 0 saturated carbocycles. The largest absolute Gasteiger partial charge is 0.361 e. The van der Waals surface area contributed by atoms with Gasteiger partial charge in [0.25, 0.3) is 0 Å². The smallest absolute Gasteiger partial charge is 0.243 e. The second-order valence-electron chi connectivity index (χ2n) is 6.16. The summed E-state index contributed by atoms with van der Waals surface area (Å²) in [6, 6.07) is 4.86. The van der Waals surface area contributed by atoms with Crippen molar-refractivity contribution in [1.82, 2.24) is 9.46 Å². The summed E-state index contributed by atoms with van der Waals surface area (Å²) in [5.74, 6) is 0.249. The van der Waals surface area contributed by atoms with Crippen molar-refractivity contribution < 1.29 is 17.3 Å². The lowest BCUT2D eigenvalue weighted by molar-refractivity contribution is 0.338. The van der Waals surface area contributed by atoms with Gasteiger partial charge in [-0.3, -0.25) is 0 Å². The normalized spacial score (nSPS) is 19.3. The van der Waals surface area contributed by atoms with Crippen LogP contribution < -0.4 is 0 Å². The zero-order valence-corrected chi connectivity index (χ0v) is 14.9. The monoisotopic (exact) mass is 372 g/mol. The molecule has 1 saturated heterocycles. The fourth-order valence-corrected chi connectivity index (χ4v) is 4.77. The molecule has 0 N–H and O–H groups in total. The highest BCUT2D eigenvalue weighted by molar-refractivity contribution is 7.89. The number of aromatic nitrogens is 1. The van der Waals surface area contributed by atoms with E-state index in [1.54, 1.807) is 6.07 Å². The molecule has 1 aromatic carbocycles. The van der Waals surface area contributed by atoms with E-state index in [2.05, 4.69) is 5.16 Å². The molecular weight excluding hydrogens is 355 g/mol. The average molecular weight is 373 g/mol. The fourth-order valence-electron chi connectivity index (χ4n) is 2.83. The Bertz CT molecular complexity index is 851. The van der Waals surface area contributed by atoms with Crippen molar-refractivity contribution in [3.63, 3.8) is 0 Å². The summed E-state index contributed by atoms with van der Waals surface area (Å²) in [4.78, 5) is -0.0200. The summed E-state index contributed by atoms with van der Waals surface area (Å²) in [6.07, 6.45) is 1.39. The summed E-state index contributed by atoms with van der Waals surface area (Å²) in [6.45, 7) is 4.34. The quantitative estimate of drug-likeness (QED) is 0.809. The van der Waals surface area contributed by atoms with E-state index in [-0.39, 0.29) is 21.9 Å². The van der Waals surface area contributed by atoms with Crippen molar-refractivity contribution in [2.45, 2.75) is 43.5 Å². The minimum Gasteiger partial charge on any atom is -0.361 e. The molecule has 24 heavy (non-hydrogen) atoms.